The first-order chi connectivity index (χ1) is 10.6. The molecule has 0 unspecified atom stereocenters. The van der Waals surface area contributed by atoms with Crippen molar-refractivity contribution in [3.8, 4) is 17.9 Å². The van der Waals surface area contributed by atoms with E-state index in [9.17, 15) is 8.78 Å². The van der Waals surface area contributed by atoms with Crippen molar-refractivity contribution in [2.75, 3.05) is 0 Å². The Balaban J connectivity index is 2.15. The molecular weight excluding hydrogens is 286 g/mol. The highest BCUT2D eigenvalue weighted by Gasteiger charge is 2.05. The summed E-state index contributed by atoms with van der Waals surface area (Å²) in [5.41, 5.74) is 1.33. The Morgan fingerprint density at radius 1 is 1.09 bits per heavy atom. The highest BCUT2D eigenvalue weighted by Crippen LogP contribution is 2.20. The fraction of sp³-hybridized carbons (Fsp3) is 0.0588. The third-order valence-electron chi connectivity index (χ3n) is 2.79. The van der Waals surface area contributed by atoms with Gasteiger partial charge >= 0.3 is 0 Å². The summed E-state index contributed by atoms with van der Waals surface area (Å²) < 4.78 is 31.7. The lowest BCUT2D eigenvalue weighted by molar-refractivity contribution is 0.288. The predicted octanol–water partition coefficient (Wildman–Crippen LogP) is 3.97. The topological polar surface area (TPSA) is 56.8 Å². The van der Waals surface area contributed by atoms with Crippen LogP contribution >= 0.6 is 0 Å². The fourth-order valence-corrected chi connectivity index (χ4v) is 1.78. The molecule has 0 fully saturated rings. The van der Waals surface area contributed by atoms with E-state index in [1.165, 1.54) is 6.08 Å². The van der Waals surface area contributed by atoms with Crippen LogP contribution in [0.15, 0.2) is 48.0 Å². The molecule has 0 heterocycles. The van der Waals surface area contributed by atoms with Crippen LogP contribution < -0.4 is 4.74 Å². The summed E-state index contributed by atoms with van der Waals surface area (Å²) in [5, 5.41) is 17.4. The van der Waals surface area contributed by atoms with Gasteiger partial charge < -0.3 is 4.74 Å². The molecule has 5 heteroatoms. The van der Waals surface area contributed by atoms with Crippen LogP contribution in [-0.2, 0) is 6.61 Å². The third-order valence-corrected chi connectivity index (χ3v) is 2.79. The number of nitrogens with zero attached hydrogens (tertiary/aromatic N) is 2. The summed E-state index contributed by atoms with van der Waals surface area (Å²) >= 11 is 0. The van der Waals surface area contributed by atoms with Crippen molar-refractivity contribution in [1.29, 1.82) is 10.5 Å². The number of ether oxygens (including phenoxy) is 1. The molecule has 2 aromatic rings. The molecule has 0 amide bonds. The van der Waals surface area contributed by atoms with Crippen LogP contribution in [0.3, 0.4) is 0 Å². The molecule has 0 atom stereocenters. The average molecular weight is 296 g/mol. The van der Waals surface area contributed by atoms with Gasteiger partial charge in [-0.15, -0.1) is 0 Å². The predicted molar refractivity (Wildman–Crippen MR) is 76.3 cm³/mol. The van der Waals surface area contributed by atoms with Crippen LogP contribution in [0.5, 0.6) is 5.75 Å². The van der Waals surface area contributed by atoms with E-state index in [0.717, 1.165) is 18.2 Å². The lowest BCUT2D eigenvalue weighted by Gasteiger charge is -2.08. The van der Waals surface area contributed by atoms with Crippen LogP contribution in [0.4, 0.5) is 8.78 Å². The van der Waals surface area contributed by atoms with E-state index in [4.69, 9.17) is 15.3 Å². The molecule has 2 rings (SSSR count). The van der Waals surface area contributed by atoms with E-state index in [2.05, 4.69) is 0 Å². The van der Waals surface area contributed by atoms with Gasteiger partial charge in [-0.2, -0.15) is 10.5 Å². The van der Waals surface area contributed by atoms with Crippen molar-refractivity contribution in [3.63, 3.8) is 0 Å². The number of allylic oxidation sites excluding steroid dienone is 1. The van der Waals surface area contributed by atoms with Gasteiger partial charge in [0.15, 0.2) is 11.6 Å². The van der Waals surface area contributed by atoms with Gasteiger partial charge in [-0.05, 0) is 35.4 Å². The fourth-order valence-electron chi connectivity index (χ4n) is 1.78. The minimum Gasteiger partial charge on any atom is -0.486 e. The van der Waals surface area contributed by atoms with Gasteiger partial charge in [-0.1, -0.05) is 18.2 Å². The molecule has 0 bridgehead atoms. The van der Waals surface area contributed by atoms with Gasteiger partial charge in [-0.25, -0.2) is 8.78 Å². The van der Waals surface area contributed by atoms with E-state index in [1.807, 2.05) is 0 Å². The molecule has 2 aromatic carbocycles. The summed E-state index contributed by atoms with van der Waals surface area (Å²) in [6.45, 7) is 0.0382. The minimum absolute atomic E-state index is 0.0192. The molecule has 0 spiro atoms. The Kier molecular flexibility index (Phi) is 4.85. The Morgan fingerprint density at radius 3 is 2.59 bits per heavy atom. The number of rotatable bonds is 4. The first-order valence-electron chi connectivity index (χ1n) is 6.31. The molecule has 0 aromatic heterocycles. The second kappa shape index (κ2) is 7.01. The number of nitriles is 2. The van der Waals surface area contributed by atoms with Crippen molar-refractivity contribution in [2.24, 2.45) is 0 Å². The summed E-state index contributed by atoms with van der Waals surface area (Å²) in [6.07, 6.45) is 1.44. The normalized spacial score (nSPS) is 9.45. The highest BCUT2D eigenvalue weighted by atomic mass is 19.1. The molecule has 0 aliphatic rings. The van der Waals surface area contributed by atoms with E-state index < -0.39 is 11.6 Å². The van der Waals surface area contributed by atoms with Crippen molar-refractivity contribution in [1.82, 2.24) is 0 Å². The van der Waals surface area contributed by atoms with Crippen LogP contribution in [0.25, 0.3) is 6.08 Å². The van der Waals surface area contributed by atoms with E-state index in [-0.39, 0.29) is 17.9 Å². The number of hydrogen-bond acceptors (Lipinski definition) is 3. The quantitative estimate of drug-likeness (QED) is 0.802. The smallest absolute Gasteiger partial charge is 0.165 e. The van der Waals surface area contributed by atoms with Gasteiger partial charge in [0.1, 0.15) is 30.1 Å². The van der Waals surface area contributed by atoms with Gasteiger partial charge in [0.25, 0.3) is 0 Å². The maximum absolute atomic E-state index is 13.4. The Bertz CT molecular complexity index is 785. The van der Waals surface area contributed by atoms with Crippen molar-refractivity contribution in [3.05, 3.63) is 70.8 Å². The zero-order chi connectivity index (χ0) is 15.9. The summed E-state index contributed by atoms with van der Waals surface area (Å²) in [6, 6.07) is 13.4. The molecule has 0 radical (unpaired) electrons. The first kappa shape index (κ1) is 15.2. The third kappa shape index (κ3) is 3.91. The second-order valence-corrected chi connectivity index (χ2v) is 4.39. The van der Waals surface area contributed by atoms with Crippen molar-refractivity contribution >= 4 is 6.08 Å². The lowest BCUT2D eigenvalue weighted by Crippen LogP contribution is -1.98. The maximum atomic E-state index is 13.4. The molecule has 0 saturated heterocycles. The van der Waals surface area contributed by atoms with Gasteiger partial charge in [-0.3, -0.25) is 0 Å². The molecular formula is C17H10F2N2O. The molecule has 108 valence electrons. The molecule has 0 aliphatic heterocycles. The van der Waals surface area contributed by atoms with Gasteiger partial charge in [0.05, 0.1) is 0 Å². The molecule has 22 heavy (non-hydrogen) atoms. The molecule has 0 saturated carbocycles. The summed E-state index contributed by atoms with van der Waals surface area (Å²) in [4.78, 5) is 0. The summed E-state index contributed by atoms with van der Waals surface area (Å²) in [5.74, 6) is -1.40. The zero-order valence-corrected chi connectivity index (χ0v) is 11.4. The van der Waals surface area contributed by atoms with E-state index in [1.54, 1.807) is 36.4 Å². The summed E-state index contributed by atoms with van der Waals surface area (Å²) in [7, 11) is 0. The van der Waals surface area contributed by atoms with Crippen LogP contribution in [0.1, 0.15) is 11.1 Å². The van der Waals surface area contributed by atoms with E-state index in [0.29, 0.717) is 11.1 Å². The highest BCUT2D eigenvalue weighted by molar-refractivity contribution is 5.62. The van der Waals surface area contributed by atoms with Crippen LogP contribution in [-0.4, -0.2) is 0 Å². The molecule has 3 nitrogen and oxygen atoms in total. The Morgan fingerprint density at radius 2 is 1.86 bits per heavy atom. The zero-order valence-electron chi connectivity index (χ0n) is 11.4. The standard InChI is InChI=1S/C17H10F2N2O/c18-15-4-5-16(19)17(8-15)22-11-13-3-1-2-12(6-13)7-14(9-20)10-21/h1-8H,11H2. The van der Waals surface area contributed by atoms with Crippen molar-refractivity contribution < 1.29 is 13.5 Å². The second-order valence-electron chi connectivity index (χ2n) is 4.39. The average Bonchev–Trinajstić information content (AvgIpc) is 2.54. The molecule has 0 N–H and O–H groups in total. The SMILES string of the molecule is N#CC(C#N)=Cc1cccc(COc2cc(F)ccc2F)c1. The van der Waals surface area contributed by atoms with Crippen LogP contribution in [0, 0.1) is 34.3 Å². The molecule has 0 aliphatic carbocycles. The van der Waals surface area contributed by atoms with Gasteiger partial charge in [0, 0.05) is 6.07 Å². The maximum Gasteiger partial charge on any atom is 0.165 e. The lowest BCUT2D eigenvalue weighted by atomic mass is 10.1. The van der Waals surface area contributed by atoms with Crippen LogP contribution in [0.2, 0.25) is 0 Å². The monoisotopic (exact) mass is 296 g/mol. The largest absolute Gasteiger partial charge is 0.486 e. The Hall–Kier alpha value is -3.18. The number of halogens is 2. The van der Waals surface area contributed by atoms with E-state index >= 15 is 0 Å². The number of benzene rings is 2. The first-order valence-corrected chi connectivity index (χ1v) is 6.31. The minimum atomic E-state index is -0.645. The number of hydrogen-bond donors (Lipinski definition) is 0. The van der Waals surface area contributed by atoms with Crippen molar-refractivity contribution in [2.45, 2.75) is 6.61 Å². The Labute approximate surface area is 126 Å². The van der Waals surface area contributed by atoms with Gasteiger partial charge in [0.2, 0.25) is 0 Å².